The van der Waals surface area contributed by atoms with E-state index in [0.29, 0.717) is 0 Å². The second kappa shape index (κ2) is 3.59. The lowest BCUT2D eigenvalue weighted by Crippen LogP contribution is -1.85. The molecule has 0 aliphatic heterocycles. The standard InChI is InChI=1S/C11H12O2S/c1-2-8-9-5-7(13)3-4-10(9)14-11(8)6-12/h3-5,12-13H,2,6H2,1H3. The molecule has 0 atom stereocenters. The normalized spacial score (nSPS) is 11.0. The van der Waals surface area contributed by atoms with Crippen LogP contribution in [-0.2, 0) is 13.0 Å². The SMILES string of the molecule is CCc1c(CO)sc2ccc(O)cc12. The van der Waals surface area contributed by atoms with Crippen molar-refractivity contribution in [1.29, 1.82) is 0 Å². The zero-order valence-corrected chi connectivity index (χ0v) is 8.77. The Morgan fingerprint density at radius 1 is 1.36 bits per heavy atom. The number of benzene rings is 1. The molecule has 3 heteroatoms. The molecule has 0 aliphatic rings. The number of hydrogen-bond acceptors (Lipinski definition) is 3. The summed E-state index contributed by atoms with van der Waals surface area (Å²) < 4.78 is 1.13. The van der Waals surface area contributed by atoms with Crippen LogP contribution >= 0.6 is 11.3 Å². The Kier molecular flexibility index (Phi) is 2.44. The molecule has 74 valence electrons. The van der Waals surface area contributed by atoms with E-state index in [-0.39, 0.29) is 12.4 Å². The van der Waals surface area contributed by atoms with E-state index in [9.17, 15) is 5.11 Å². The molecule has 0 aliphatic carbocycles. The minimum atomic E-state index is 0.0866. The first-order valence-corrected chi connectivity index (χ1v) is 5.42. The highest BCUT2D eigenvalue weighted by atomic mass is 32.1. The van der Waals surface area contributed by atoms with Crippen molar-refractivity contribution < 1.29 is 10.2 Å². The van der Waals surface area contributed by atoms with Crippen molar-refractivity contribution in [3.63, 3.8) is 0 Å². The largest absolute Gasteiger partial charge is 0.508 e. The second-order valence-electron chi connectivity index (χ2n) is 3.20. The van der Waals surface area contributed by atoms with Crippen LogP contribution in [0.3, 0.4) is 0 Å². The average molecular weight is 208 g/mol. The molecule has 0 unspecified atom stereocenters. The van der Waals surface area contributed by atoms with Gasteiger partial charge in [-0.25, -0.2) is 0 Å². The van der Waals surface area contributed by atoms with Gasteiger partial charge in [0.2, 0.25) is 0 Å². The van der Waals surface area contributed by atoms with Crippen molar-refractivity contribution in [1.82, 2.24) is 0 Å². The van der Waals surface area contributed by atoms with Crippen molar-refractivity contribution in [2.75, 3.05) is 0 Å². The number of phenolic OH excluding ortho intramolecular Hbond substituents is 1. The molecule has 2 N–H and O–H groups in total. The topological polar surface area (TPSA) is 40.5 Å². The quantitative estimate of drug-likeness (QED) is 0.796. The van der Waals surface area contributed by atoms with Crippen LogP contribution in [0, 0.1) is 0 Å². The van der Waals surface area contributed by atoms with Crippen LogP contribution in [0.25, 0.3) is 10.1 Å². The minimum Gasteiger partial charge on any atom is -0.508 e. The van der Waals surface area contributed by atoms with Crippen molar-refractivity contribution in [2.24, 2.45) is 0 Å². The number of aryl methyl sites for hydroxylation is 1. The van der Waals surface area contributed by atoms with E-state index in [1.54, 1.807) is 23.5 Å². The lowest BCUT2D eigenvalue weighted by molar-refractivity contribution is 0.284. The summed E-state index contributed by atoms with van der Waals surface area (Å²) in [5, 5.41) is 19.6. The molecular weight excluding hydrogens is 196 g/mol. The van der Waals surface area contributed by atoms with Gasteiger partial charge in [0, 0.05) is 9.58 Å². The fraction of sp³-hybridized carbons (Fsp3) is 0.273. The van der Waals surface area contributed by atoms with Crippen LogP contribution in [0.1, 0.15) is 17.4 Å². The van der Waals surface area contributed by atoms with Gasteiger partial charge >= 0.3 is 0 Å². The highest BCUT2D eigenvalue weighted by Crippen LogP contribution is 2.33. The summed E-state index contributed by atoms with van der Waals surface area (Å²) in [6, 6.07) is 5.34. The maximum absolute atomic E-state index is 9.37. The van der Waals surface area contributed by atoms with E-state index >= 15 is 0 Å². The Hall–Kier alpha value is -1.06. The fourth-order valence-electron chi connectivity index (χ4n) is 1.70. The number of aliphatic hydroxyl groups excluding tert-OH is 1. The summed E-state index contributed by atoms with van der Waals surface area (Å²) in [7, 11) is 0. The molecule has 14 heavy (non-hydrogen) atoms. The van der Waals surface area contributed by atoms with Crippen molar-refractivity contribution >= 4 is 21.4 Å². The maximum atomic E-state index is 9.37. The van der Waals surface area contributed by atoms with Crippen LogP contribution in [0.2, 0.25) is 0 Å². The Balaban J connectivity index is 2.74. The number of aromatic hydroxyl groups is 1. The lowest BCUT2D eigenvalue weighted by atomic mass is 10.1. The lowest BCUT2D eigenvalue weighted by Gasteiger charge is -1.97. The molecule has 0 bridgehead atoms. The summed E-state index contributed by atoms with van der Waals surface area (Å²) in [6.45, 7) is 2.15. The monoisotopic (exact) mass is 208 g/mol. The summed E-state index contributed by atoms with van der Waals surface area (Å²) in [5.41, 5.74) is 1.16. The molecule has 1 heterocycles. The number of rotatable bonds is 2. The van der Waals surface area contributed by atoms with Gasteiger partial charge in [-0.3, -0.25) is 0 Å². The number of hydrogen-bond donors (Lipinski definition) is 2. The van der Waals surface area contributed by atoms with E-state index in [4.69, 9.17) is 5.11 Å². The molecule has 1 aromatic carbocycles. The molecule has 0 saturated carbocycles. The number of aliphatic hydroxyl groups is 1. The van der Waals surface area contributed by atoms with Crippen LogP contribution in [-0.4, -0.2) is 10.2 Å². The van der Waals surface area contributed by atoms with Gasteiger partial charge in [-0.15, -0.1) is 11.3 Å². The van der Waals surface area contributed by atoms with Gasteiger partial charge in [0.1, 0.15) is 5.75 Å². The summed E-state index contributed by atoms with van der Waals surface area (Å²) in [6.07, 6.45) is 0.888. The molecule has 0 amide bonds. The number of thiophene rings is 1. The first-order valence-electron chi connectivity index (χ1n) is 4.60. The van der Waals surface area contributed by atoms with Gasteiger partial charge in [0.05, 0.1) is 6.61 Å². The Morgan fingerprint density at radius 3 is 2.79 bits per heavy atom. The van der Waals surface area contributed by atoms with Gasteiger partial charge < -0.3 is 10.2 Å². The molecule has 0 fully saturated rings. The van der Waals surface area contributed by atoms with Gasteiger partial charge in [-0.1, -0.05) is 6.92 Å². The minimum absolute atomic E-state index is 0.0866. The first kappa shape index (κ1) is 9.49. The van der Waals surface area contributed by atoms with Gasteiger partial charge in [-0.05, 0) is 35.6 Å². The van der Waals surface area contributed by atoms with Crippen LogP contribution < -0.4 is 0 Å². The molecule has 0 radical (unpaired) electrons. The molecule has 0 spiro atoms. The highest BCUT2D eigenvalue weighted by molar-refractivity contribution is 7.19. The van der Waals surface area contributed by atoms with E-state index in [2.05, 4.69) is 6.92 Å². The number of phenols is 1. The summed E-state index contributed by atoms with van der Waals surface area (Å²) in [5.74, 6) is 0.287. The smallest absolute Gasteiger partial charge is 0.116 e. The maximum Gasteiger partial charge on any atom is 0.116 e. The van der Waals surface area contributed by atoms with Crippen LogP contribution in [0.4, 0.5) is 0 Å². The van der Waals surface area contributed by atoms with Crippen molar-refractivity contribution in [2.45, 2.75) is 20.0 Å². The predicted molar refractivity (Wildman–Crippen MR) is 58.8 cm³/mol. The van der Waals surface area contributed by atoms with Crippen LogP contribution in [0.5, 0.6) is 5.75 Å². The van der Waals surface area contributed by atoms with Crippen molar-refractivity contribution in [3.8, 4) is 5.75 Å². The van der Waals surface area contributed by atoms with E-state index in [1.807, 2.05) is 6.07 Å². The summed E-state index contributed by atoms with van der Waals surface area (Å²) >= 11 is 1.60. The molecular formula is C11H12O2S. The molecule has 2 aromatic rings. The average Bonchev–Trinajstić information content (AvgIpc) is 2.54. The third kappa shape index (κ3) is 1.38. The van der Waals surface area contributed by atoms with Crippen LogP contribution in [0.15, 0.2) is 18.2 Å². The van der Waals surface area contributed by atoms with Gasteiger partial charge in [-0.2, -0.15) is 0 Å². The van der Waals surface area contributed by atoms with E-state index in [0.717, 1.165) is 26.9 Å². The van der Waals surface area contributed by atoms with E-state index < -0.39 is 0 Å². The summed E-state index contributed by atoms with van der Waals surface area (Å²) in [4.78, 5) is 1.01. The number of fused-ring (bicyclic) bond motifs is 1. The zero-order valence-electron chi connectivity index (χ0n) is 7.95. The third-order valence-electron chi connectivity index (χ3n) is 2.36. The van der Waals surface area contributed by atoms with E-state index in [1.165, 1.54) is 0 Å². The zero-order chi connectivity index (χ0) is 10.1. The predicted octanol–water partition coefficient (Wildman–Crippen LogP) is 2.66. The fourth-order valence-corrected chi connectivity index (χ4v) is 2.84. The Bertz CT molecular complexity index is 460. The molecule has 1 aromatic heterocycles. The Morgan fingerprint density at radius 2 is 2.14 bits per heavy atom. The highest BCUT2D eigenvalue weighted by Gasteiger charge is 2.09. The Labute approximate surface area is 86.4 Å². The van der Waals surface area contributed by atoms with Crippen molar-refractivity contribution in [3.05, 3.63) is 28.6 Å². The second-order valence-corrected chi connectivity index (χ2v) is 4.33. The molecule has 2 rings (SSSR count). The molecule has 2 nitrogen and oxygen atoms in total. The third-order valence-corrected chi connectivity index (χ3v) is 3.55. The van der Waals surface area contributed by atoms with Gasteiger partial charge in [0.25, 0.3) is 0 Å². The first-order chi connectivity index (χ1) is 6.76. The van der Waals surface area contributed by atoms with Gasteiger partial charge in [0.15, 0.2) is 0 Å². The molecule has 0 saturated heterocycles.